The van der Waals surface area contributed by atoms with Crippen LogP contribution in [0.4, 0.5) is 4.39 Å². The number of likely N-dealkylation sites (tertiary alicyclic amines) is 1. The van der Waals surface area contributed by atoms with Gasteiger partial charge in [0.05, 0.1) is 18.8 Å². The normalized spacial score (nSPS) is 21.1. The van der Waals surface area contributed by atoms with Crippen LogP contribution in [0.2, 0.25) is 0 Å². The first-order valence-electron chi connectivity index (χ1n) is 6.99. The Morgan fingerprint density at radius 1 is 1.50 bits per heavy atom. The molecule has 112 valence electrons. The maximum Gasteiger partial charge on any atom is 0.132 e. The van der Waals surface area contributed by atoms with Gasteiger partial charge in [-0.15, -0.1) is 0 Å². The van der Waals surface area contributed by atoms with Crippen LogP contribution in [-0.4, -0.2) is 48.5 Å². The number of hydrogen-bond acceptors (Lipinski definition) is 4. The van der Waals surface area contributed by atoms with Crippen molar-refractivity contribution in [2.45, 2.75) is 18.9 Å². The molecule has 1 fully saturated rings. The summed E-state index contributed by atoms with van der Waals surface area (Å²) in [7, 11) is 1.47. The molecule has 2 N–H and O–H groups in total. The van der Waals surface area contributed by atoms with Crippen LogP contribution in [0.25, 0.3) is 0 Å². The SMILES string of the molecule is COc1cccc(F)c1C(O)CCN1CCC(CO)C1. The van der Waals surface area contributed by atoms with Crippen molar-refractivity contribution in [3.63, 3.8) is 0 Å². The first kappa shape index (κ1) is 15.2. The minimum Gasteiger partial charge on any atom is -0.496 e. The lowest BCUT2D eigenvalue weighted by Crippen LogP contribution is -2.24. The van der Waals surface area contributed by atoms with Gasteiger partial charge in [-0.3, -0.25) is 0 Å². The fraction of sp³-hybridized carbons (Fsp3) is 0.600. The number of halogens is 1. The minimum atomic E-state index is -0.876. The van der Waals surface area contributed by atoms with E-state index in [0.29, 0.717) is 24.6 Å². The zero-order valence-electron chi connectivity index (χ0n) is 11.8. The van der Waals surface area contributed by atoms with Crippen LogP contribution in [-0.2, 0) is 0 Å². The fourth-order valence-electron chi connectivity index (χ4n) is 2.73. The maximum absolute atomic E-state index is 13.8. The first-order valence-corrected chi connectivity index (χ1v) is 6.99. The summed E-state index contributed by atoms with van der Waals surface area (Å²) in [6, 6.07) is 4.55. The van der Waals surface area contributed by atoms with Crippen molar-refractivity contribution in [1.82, 2.24) is 4.90 Å². The number of ether oxygens (including phenoxy) is 1. The Bertz CT molecular complexity index is 441. The van der Waals surface area contributed by atoms with Gasteiger partial charge in [0.1, 0.15) is 11.6 Å². The van der Waals surface area contributed by atoms with Gasteiger partial charge in [0.25, 0.3) is 0 Å². The minimum absolute atomic E-state index is 0.209. The van der Waals surface area contributed by atoms with E-state index in [0.717, 1.165) is 19.5 Å². The Labute approximate surface area is 118 Å². The van der Waals surface area contributed by atoms with E-state index in [-0.39, 0.29) is 12.2 Å². The molecule has 0 aliphatic carbocycles. The lowest BCUT2D eigenvalue weighted by Gasteiger charge is -2.20. The lowest BCUT2D eigenvalue weighted by atomic mass is 10.0. The second-order valence-corrected chi connectivity index (χ2v) is 5.30. The number of aliphatic hydroxyl groups excluding tert-OH is 2. The van der Waals surface area contributed by atoms with Crippen LogP contribution in [0.3, 0.4) is 0 Å². The topological polar surface area (TPSA) is 52.9 Å². The summed E-state index contributed by atoms with van der Waals surface area (Å²) in [6.07, 6.45) is 0.560. The molecule has 1 aliphatic heterocycles. The van der Waals surface area contributed by atoms with E-state index in [9.17, 15) is 9.50 Å². The van der Waals surface area contributed by atoms with E-state index in [1.54, 1.807) is 12.1 Å². The summed E-state index contributed by atoms with van der Waals surface area (Å²) < 4.78 is 18.9. The fourth-order valence-corrected chi connectivity index (χ4v) is 2.73. The zero-order chi connectivity index (χ0) is 14.5. The quantitative estimate of drug-likeness (QED) is 0.832. The van der Waals surface area contributed by atoms with Gasteiger partial charge in [-0.25, -0.2) is 4.39 Å². The maximum atomic E-state index is 13.8. The molecule has 0 spiro atoms. The monoisotopic (exact) mass is 283 g/mol. The molecular weight excluding hydrogens is 261 g/mol. The molecular formula is C15H22FNO3. The van der Waals surface area contributed by atoms with Gasteiger partial charge in [0, 0.05) is 19.7 Å². The molecule has 0 saturated carbocycles. The van der Waals surface area contributed by atoms with Crippen molar-refractivity contribution < 1.29 is 19.3 Å². The van der Waals surface area contributed by atoms with Crippen molar-refractivity contribution in [3.05, 3.63) is 29.6 Å². The molecule has 5 heteroatoms. The average molecular weight is 283 g/mol. The first-order chi connectivity index (χ1) is 9.65. The van der Waals surface area contributed by atoms with Gasteiger partial charge in [0.2, 0.25) is 0 Å². The van der Waals surface area contributed by atoms with E-state index in [1.165, 1.54) is 13.2 Å². The highest BCUT2D eigenvalue weighted by atomic mass is 19.1. The molecule has 0 bridgehead atoms. The van der Waals surface area contributed by atoms with Crippen LogP contribution in [0, 0.1) is 11.7 Å². The van der Waals surface area contributed by atoms with Crippen molar-refractivity contribution in [2.75, 3.05) is 33.4 Å². The molecule has 1 heterocycles. The molecule has 2 atom stereocenters. The molecule has 0 amide bonds. The summed E-state index contributed by atoms with van der Waals surface area (Å²) in [5.74, 6) is 0.272. The highest BCUT2D eigenvalue weighted by Crippen LogP contribution is 2.30. The predicted molar refractivity (Wildman–Crippen MR) is 74.2 cm³/mol. The Morgan fingerprint density at radius 3 is 2.95 bits per heavy atom. The van der Waals surface area contributed by atoms with Crippen molar-refractivity contribution >= 4 is 0 Å². The van der Waals surface area contributed by atoms with Gasteiger partial charge in [-0.2, -0.15) is 0 Å². The van der Waals surface area contributed by atoms with Crippen molar-refractivity contribution in [1.29, 1.82) is 0 Å². The highest BCUT2D eigenvalue weighted by Gasteiger charge is 2.24. The predicted octanol–water partition coefficient (Wildman–Crippen LogP) is 1.57. The van der Waals surface area contributed by atoms with Gasteiger partial charge >= 0.3 is 0 Å². The van der Waals surface area contributed by atoms with E-state index < -0.39 is 11.9 Å². The standard InChI is InChI=1S/C15H22FNO3/c1-20-14-4-2-3-12(16)15(14)13(19)6-8-17-7-5-11(9-17)10-18/h2-4,11,13,18-19H,5-10H2,1H3. The molecule has 2 unspecified atom stereocenters. The Hall–Kier alpha value is -1.17. The smallest absolute Gasteiger partial charge is 0.132 e. The summed E-state index contributed by atoms with van der Waals surface area (Å²) in [5.41, 5.74) is 0.230. The van der Waals surface area contributed by atoms with E-state index in [2.05, 4.69) is 4.90 Å². The molecule has 1 aliphatic rings. The molecule has 1 aromatic carbocycles. The average Bonchev–Trinajstić information content (AvgIpc) is 2.92. The zero-order valence-corrected chi connectivity index (χ0v) is 11.8. The lowest BCUT2D eigenvalue weighted by molar-refractivity contribution is 0.139. The Morgan fingerprint density at radius 2 is 2.30 bits per heavy atom. The molecule has 1 saturated heterocycles. The second kappa shape index (κ2) is 7.02. The van der Waals surface area contributed by atoms with E-state index in [4.69, 9.17) is 9.84 Å². The van der Waals surface area contributed by atoms with Crippen LogP contribution in [0.1, 0.15) is 24.5 Å². The third-order valence-electron chi connectivity index (χ3n) is 3.91. The summed E-state index contributed by atoms with van der Waals surface area (Å²) in [6.45, 7) is 2.67. The number of aliphatic hydroxyl groups is 2. The third-order valence-corrected chi connectivity index (χ3v) is 3.91. The van der Waals surface area contributed by atoms with Crippen LogP contribution < -0.4 is 4.74 Å². The van der Waals surface area contributed by atoms with Gasteiger partial charge in [-0.1, -0.05) is 6.07 Å². The van der Waals surface area contributed by atoms with E-state index in [1.807, 2.05) is 0 Å². The van der Waals surface area contributed by atoms with Crippen LogP contribution in [0.5, 0.6) is 5.75 Å². The van der Waals surface area contributed by atoms with E-state index >= 15 is 0 Å². The van der Waals surface area contributed by atoms with Crippen LogP contribution >= 0.6 is 0 Å². The van der Waals surface area contributed by atoms with Crippen molar-refractivity contribution in [3.8, 4) is 5.75 Å². The molecule has 0 aromatic heterocycles. The number of methoxy groups -OCH3 is 1. The number of nitrogens with zero attached hydrogens (tertiary/aromatic N) is 1. The van der Waals surface area contributed by atoms with Gasteiger partial charge in [0.15, 0.2) is 0 Å². The molecule has 0 radical (unpaired) electrons. The third kappa shape index (κ3) is 3.48. The Kier molecular flexibility index (Phi) is 5.34. The highest BCUT2D eigenvalue weighted by molar-refractivity contribution is 5.36. The number of hydrogen-bond donors (Lipinski definition) is 2. The summed E-state index contributed by atoms with van der Waals surface area (Å²) >= 11 is 0. The summed E-state index contributed by atoms with van der Waals surface area (Å²) in [5, 5.41) is 19.3. The van der Waals surface area contributed by atoms with Crippen molar-refractivity contribution in [2.24, 2.45) is 5.92 Å². The molecule has 2 rings (SSSR count). The molecule has 1 aromatic rings. The van der Waals surface area contributed by atoms with Gasteiger partial charge in [-0.05, 0) is 37.4 Å². The largest absolute Gasteiger partial charge is 0.496 e. The second-order valence-electron chi connectivity index (χ2n) is 5.30. The summed E-state index contributed by atoms with van der Waals surface area (Å²) in [4.78, 5) is 2.19. The van der Waals surface area contributed by atoms with Crippen LogP contribution in [0.15, 0.2) is 18.2 Å². The number of benzene rings is 1. The number of rotatable bonds is 6. The Balaban J connectivity index is 1.94. The molecule has 20 heavy (non-hydrogen) atoms. The van der Waals surface area contributed by atoms with Gasteiger partial charge < -0.3 is 19.8 Å². The molecule has 4 nitrogen and oxygen atoms in total.